The van der Waals surface area contributed by atoms with Gasteiger partial charge in [0.1, 0.15) is 12.1 Å². The summed E-state index contributed by atoms with van der Waals surface area (Å²) in [5.74, 6) is 1.05. The Morgan fingerprint density at radius 1 is 1.19 bits per heavy atom. The first-order valence-electron chi connectivity index (χ1n) is 9.31. The fourth-order valence-electron chi connectivity index (χ4n) is 3.89. The number of rotatable bonds is 4. The molecule has 8 heteroatoms. The number of hydrogen-bond donors (Lipinski definition) is 2. The number of aromatic nitrogens is 4. The number of aromatic amines is 1. The van der Waals surface area contributed by atoms with Gasteiger partial charge in [-0.1, -0.05) is 0 Å². The molecular formula is C18H25N7O. The molecule has 4 rings (SSSR count). The van der Waals surface area contributed by atoms with E-state index in [2.05, 4.69) is 24.8 Å². The first kappa shape index (κ1) is 17.0. The van der Waals surface area contributed by atoms with Gasteiger partial charge in [0.2, 0.25) is 5.91 Å². The SMILES string of the molecule is N[C@@H](Cc1cnc[nH]1)C(=O)N1CCc2ncnc(N3CCCC3)c2CC1. The molecule has 2 aromatic rings. The first-order valence-corrected chi connectivity index (χ1v) is 9.31. The van der Waals surface area contributed by atoms with Crippen molar-refractivity contribution in [1.82, 2.24) is 24.8 Å². The highest BCUT2D eigenvalue weighted by Crippen LogP contribution is 2.26. The molecule has 2 aliphatic rings. The number of carbonyl (C=O) groups is 1. The van der Waals surface area contributed by atoms with Crippen LogP contribution in [0.2, 0.25) is 0 Å². The van der Waals surface area contributed by atoms with Crippen molar-refractivity contribution >= 4 is 11.7 Å². The van der Waals surface area contributed by atoms with E-state index < -0.39 is 6.04 Å². The molecular weight excluding hydrogens is 330 g/mol. The van der Waals surface area contributed by atoms with Crippen LogP contribution in [0.15, 0.2) is 18.9 Å². The Labute approximate surface area is 152 Å². The molecule has 1 atom stereocenters. The highest BCUT2D eigenvalue weighted by atomic mass is 16.2. The highest BCUT2D eigenvalue weighted by Gasteiger charge is 2.27. The van der Waals surface area contributed by atoms with E-state index >= 15 is 0 Å². The van der Waals surface area contributed by atoms with E-state index in [1.165, 1.54) is 18.4 Å². The second-order valence-electron chi connectivity index (χ2n) is 7.03. The molecule has 1 saturated heterocycles. The second-order valence-corrected chi connectivity index (χ2v) is 7.03. The van der Waals surface area contributed by atoms with Crippen LogP contribution < -0.4 is 10.6 Å². The van der Waals surface area contributed by atoms with Crippen molar-refractivity contribution in [2.24, 2.45) is 5.73 Å². The zero-order chi connectivity index (χ0) is 17.9. The molecule has 2 aliphatic heterocycles. The van der Waals surface area contributed by atoms with Gasteiger partial charge in [0.05, 0.1) is 18.1 Å². The molecule has 0 radical (unpaired) electrons. The quantitative estimate of drug-likeness (QED) is 0.817. The van der Waals surface area contributed by atoms with E-state index in [9.17, 15) is 4.79 Å². The van der Waals surface area contributed by atoms with Crippen LogP contribution in [0.3, 0.4) is 0 Å². The maximum atomic E-state index is 12.8. The predicted molar refractivity (Wildman–Crippen MR) is 97.7 cm³/mol. The van der Waals surface area contributed by atoms with Crippen LogP contribution >= 0.6 is 0 Å². The Bertz CT molecular complexity index is 755. The second kappa shape index (κ2) is 7.41. The predicted octanol–water partition coefficient (Wildman–Crippen LogP) is 0.297. The van der Waals surface area contributed by atoms with Crippen molar-refractivity contribution in [3.8, 4) is 0 Å². The maximum absolute atomic E-state index is 12.8. The van der Waals surface area contributed by atoms with E-state index in [-0.39, 0.29) is 5.91 Å². The summed E-state index contributed by atoms with van der Waals surface area (Å²) in [7, 11) is 0. The zero-order valence-electron chi connectivity index (χ0n) is 14.9. The van der Waals surface area contributed by atoms with E-state index in [4.69, 9.17) is 5.73 Å². The molecule has 1 amide bonds. The molecule has 3 N–H and O–H groups in total. The Morgan fingerprint density at radius 3 is 2.77 bits per heavy atom. The molecule has 0 spiro atoms. The minimum absolute atomic E-state index is 0.0110. The number of nitrogens with one attached hydrogen (secondary N) is 1. The van der Waals surface area contributed by atoms with Crippen LogP contribution in [0.4, 0.5) is 5.82 Å². The summed E-state index contributed by atoms with van der Waals surface area (Å²) >= 11 is 0. The summed E-state index contributed by atoms with van der Waals surface area (Å²) in [5, 5.41) is 0. The van der Waals surface area contributed by atoms with E-state index in [1.54, 1.807) is 18.9 Å². The van der Waals surface area contributed by atoms with Crippen LogP contribution in [0.5, 0.6) is 0 Å². The monoisotopic (exact) mass is 355 g/mol. The zero-order valence-corrected chi connectivity index (χ0v) is 14.9. The van der Waals surface area contributed by atoms with Crippen molar-refractivity contribution in [2.45, 2.75) is 38.1 Å². The number of imidazole rings is 1. The number of amides is 1. The van der Waals surface area contributed by atoms with Crippen molar-refractivity contribution in [1.29, 1.82) is 0 Å². The van der Waals surface area contributed by atoms with Gasteiger partial charge in [0, 0.05) is 56.5 Å². The van der Waals surface area contributed by atoms with Crippen LogP contribution in [0, 0.1) is 0 Å². The van der Waals surface area contributed by atoms with Gasteiger partial charge in [-0.05, 0) is 19.3 Å². The standard InChI is InChI=1S/C18H25N7O/c19-15(9-13-10-20-11-21-13)18(26)25-7-3-14-16(4-8-25)22-12-23-17(14)24-5-1-2-6-24/h10-12,15H,1-9,19H2,(H,20,21)/t15-/m0/s1. The van der Waals surface area contributed by atoms with E-state index in [1.807, 2.05) is 4.90 Å². The van der Waals surface area contributed by atoms with Crippen LogP contribution in [-0.4, -0.2) is 63.0 Å². The number of anilines is 1. The first-order chi connectivity index (χ1) is 12.7. The minimum Gasteiger partial charge on any atom is -0.356 e. The Kier molecular flexibility index (Phi) is 4.83. The third-order valence-corrected chi connectivity index (χ3v) is 5.29. The van der Waals surface area contributed by atoms with Gasteiger partial charge in [0.15, 0.2) is 0 Å². The summed E-state index contributed by atoms with van der Waals surface area (Å²) in [4.78, 5) is 33.0. The van der Waals surface area contributed by atoms with Gasteiger partial charge < -0.3 is 20.5 Å². The fourth-order valence-corrected chi connectivity index (χ4v) is 3.89. The lowest BCUT2D eigenvalue weighted by atomic mass is 10.1. The van der Waals surface area contributed by atoms with E-state index in [0.717, 1.165) is 43.1 Å². The highest BCUT2D eigenvalue weighted by molar-refractivity contribution is 5.82. The lowest BCUT2D eigenvalue weighted by Crippen LogP contribution is -2.46. The number of fused-ring (bicyclic) bond motifs is 1. The average molecular weight is 355 g/mol. The fraction of sp³-hybridized carbons (Fsp3) is 0.556. The van der Waals surface area contributed by atoms with Crippen molar-refractivity contribution < 1.29 is 4.79 Å². The Morgan fingerprint density at radius 2 is 2.00 bits per heavy atom. The Hall–Kier alpha value is -2.48. The summed E-state index contributed by atoms with van der Waals surface area (Å²) in [6.45, 7) is 3.43. The molecule has 0 bridgehead atoms. The normalized spacial score (nSPS) is 18.5. The van der Waals surface area contributed by atoms with Gasteiger partial charge in [-0.15, -0.1) is 0 Å². The van der Waals surface area contributed by atoms with Gasteiger partial charge in [-0.25, -0.2) is 15.0 Å². The summed E-state index contributed by atoms with van der Waals surface area (Å²) in [6.07, 6.45) is 9.41. The molecule has 0 aromatic carbocycles. The lowest BCUT2D eigenvalue weighted by Gasteiger charge is -2.24. The molecule has 2 aromatic heterocycles. The largest absolute Gasteiger partial charge is 0.356 e. The maximum Gasteiger partial charge on any atom is 0.239 e. The number of H-pyrrole nitrogens is 1. The van der Waals surface area contributed by atoms with Crippen LogP contribution in [-0.2, 0) is 24.1 Å². The molecule has 0 saturated carbocycles. The molecule has 8 nitrogen and oxygen atoms in total. The summed E-state index contributed by atoms with van der Waals surface area (Å²) < 4.78 is 0. The molecule has 138 valence electrons. The average Bonchev–Trinajstić information content (AvgIpc) is 3.32. The van der Waals surface area contributed by atoms with Crippen LogP contribution in [0.1, 0.15) is 29.8 Å². The summed E-state index contributed by atoms with van der Waals surface area (Å²) in [6, 6.07) is -0.555. The molecule has 26 heavy (non-hydrogen) atoms. The molecule has 0 unspecified atom stereocenters. The third-order valence-electron chi connectivity index (χ3n) is 5.29. The van der Waals surface area contributed by atoms with Gasteiger partial charge in [-0.2, -0.15) is 0 Å². The lowest BCUT2D eigenvalue weighted by molar-refractivity contribution is -0.132. The summed E-state index contributed by atoms with van der Waals surface area (Å²) in [5.41, 5.74) is 9.30. The van der Waals surface area contributed by atoms with Crippen LogP contribution in [0.25, 0.3) is 0 Å². The Balaban J connectivity index is 1.46. The van der Waals surface area contributed by atoms with Gasteiger partial charge >= 0.3 is 0 Å². The number of carbonyl (C=O) groups excluding carboxylic acids is 1. The van der Waals surface area contributed by atoms with Crippen molar-refractivity contribution in [2.75, 3.05) is 31.1 Å². The molecule has 1 fully saturated rings. The topological polar surface area (TPSA) is 104 Å². The molecule has 0 aliphatic carbocycles. The smallest absolute Gasteiger partial charge is 0.239 e. The number of nitrogens with zero attached hydrogens (tertiary/aromatic N) is 5. The van der Waals surface area contributed by atoms with E-state index in [0.29, 0.717) is 19.5 Å². The number of hydrogen-bond acceptors (Lipinski definition) is 6. The third kappa shape index (κ3) is 3.41. The minimum atomic E-state index is -0.555. The molecule has 4 heterocycles. The van der Waals surface area contributed by atoms with Gasteiger partial charge in [0.25, 0.3) is 0 Å². The number of nitrogens with two attached hydrogens (primary N) is 1. The van der Waals surface area contributed by atoms with Crippen molar-refractivity contribution in [3.05, 3.63) is 35.8 Å². The van der Waals surface area contributed by atoms with Crippen molar-refractivity contribution in [3.63, 3.8) is 0 Å². The van der Waals surface area contributed by atoms with Gasteiger partial charge in [-0.3, -0.25) is 4.79 Å².